The Balaban J connectivity index is 1.47. The predicted octanol–water partition coefficient (Wildman–Crippen LogP) is 5.68. The Kier molecular flexibility index (Phi) is 7.73. The summed E-state index contributed by atoms with van der Waals surface area (Å²) in [6.07, 6.45) is 0.448. The first kappa shape index (κ1) is 27.5. The number of hydrogen-bond donors (Lipinski definition) is 3. The number of hydrogen-bond acceptors (Lipinski definition) is 5. The largest absolute Gasteiger partial charge is 0.435 e. The number of aliphatic hydroxyl groups is 1. The molecule has 0 aliphatic heterocycles. The number of anilines is 1. The summed E-state index contributed by atoms with van der Waals surface area (Å²) in [5.74, 6) is -0.189. The number of pyridine rings is 1. The average Bonchev–Trinajstić information content (AvgIpc) is 3.66. The van der Waals surface area contributed by atoms with Crippen molar-refractivity contribution in [1.82, 2.24) is 20.1 Å². The van der Waals surface area contributed by atoms with E-state index in [4.69, 9.17) is 0 Å². The molecule has 10 heteroatoms. The normalized spacial score (nSPS) is 15.0. The molecule has 4 aromatic rings. The summed E-state index contributed by atoms with van der Waals surface area (Å²) < 4.78 is 41.8. The molecule has 0 spiro atoms. The van der Waals surface area contributed by atoms with Gasteiger partial charge in [-0.1, -0.05) is 43.2 Å². The zero-order valence-corrected chi connectivity index (χ0v) is 21.9. The molecular formula is C30H30F3N5O2. The van der Waals surface area contributed by atoms with E-state index in [9.17, 15) is 23.1 Å². The highest BCUT2D eigenvalue weighted by atomic mass is 19.4. The highest BCUT2D eigenvalue weighted by Crippen LogP contribution is 2.41. The molecule has 1 aliphatic carbocycles. The Bertz CT molecular complexity index is 1480. The van der Waals surface area contributed by atoms with Gasteiger partial charge >= 0.3 is 6.18 Å². The van der Waals surface area contributed by atoms with E-state index in [1.165, 1.54) is 0 Å². The number of carbonyl (C=O) groups excluding carboxylic acids is 1. The SMILES string of the molecule is CNCc1cccc(-n2nc(C(F)(F)F)cc2C(=O)Nc2cccc(C(O)(CCC3CC3)c3ccccn3)c2)c1. The number of amides is 1. The first-order valence-corrected chi connectivity index (χ1v) is 13.1. The number of nitrogens with zero attached hydrogens (tertiary/aromatic N) is 3. The number of carbonyl (C=O) groups is 1. The second-order valence-electron chi connectivity index (χ2n) is 10.1. The van der Waals surface area contributed by atoms with Crippen LogP contribution >= 0.6 is 0 Å². The first-order chi connectivity index (χ1) is 19.2. The standard InChI is InChI=1S/C30H30F3N5O2/c1-34-19-21-6-4-9-24(16-21)38-25(18-27(37-38)30(31,32)33)28(39)36-23-8-5-7-22(17-23)29(40,14-13-20-11-12-20)26-10-2-3-15-35-26/h2-10,15-18,20,34,40H,11-14,19H2,1H3,(H,36,39). The third-order valence-corrected chi connectivity index (χ3v) is 7.07. The van der Waals surface area contributed by atoms with Crippen molar-refractivity contribution in [2.45, 2.75) is 44.0 Å². The van der Waals surface area contributed by atoms with Gasteiger partial charge in [-0.05, 0) is 73.3 Å². The van der Waals surface area contributed by atoms with Crippen LogP contribution in [0.2, 0.25) is 0 Å². The Hall–Kier alpha value is -4.02. The number of aromatic nitrogens is 3. The van der Waals surface area contributed by atoms with E-state index in [0.717, 1.165) is 35.6 Å². The van der Waals surface area contributed by atoms with Crippen molar-refractivity contribution in [2.75, 3.05) is 12.4 Å². The lowest BCUT2D eigenvalue weighted by Crippen LogP contribution is -2.29. The van der Waals surface area contributed by atoms with Crippen LogP contribution < -0.4 is 10.6 Å². The summed E-state index contributed by atoms with van der Waals surface area (Å²) in [4.78, 5) is 17.8. The Morgan fingerprint density at radius 3 is 2.52 bits per heavy atom. The van der Waals surface area contributed by atoms with Crippen molar-refractivity contribution in [1.29, 1.82) is 0 Å². The van der Waals surface area contributed by atoms with Gasteiger partial charge in [0.1, 0.15) is 11.3 Å². The van der Waals surface area contributed by atoms with E-state index in [-0.39, 0.29) is 5.69 Å². The lowest BCUT2D eigenvalue weighted by Gasteiger charge is -2.29. The summed E-state index contributed by atoms with van der Waals surface area (Å²) in [5.41, 5.74) is -0.322. The smallest absolute Gasteiger partial charge is 0.379 e. The Morgan fingerprint density at radius 1 is 1.02 bits per heavy atom. The fourth-order valence-electron chi connectivity index (χ4n) is 4.78. The van der Waals surface area contributed by atoms with Gasteiger partial charge < -0.3 is 15.7 Å². The summed E-state index contributed by atoms with van der Waals surface area (Å²) in [5, 5.41) is 21.3. The second kappa shape index (κ2) is 11.2. The number of nitrogens with one attached hydrogen (secondary N) is 2. The molecule has 0 saturated heterocycles. The molecule has 0 bridgehead atoms. The highest BCUT2D eigenvalue weighted by Gasteiger charge is 2.37. The lowest BCUT2D eigenvalue weighted by atomic mass is 9.84. The van der Waals surface area contributed by atoms with E-state index in [1.54, 1.807) is 73.9 Å². The molecule has 5 rings (SSSR count). The minimum atomic E-state index is -4.73. The van der Waals surface area contributed by atoms with Gasteiger partial charge in [0.15, 0.2) is 5.69 Å². The lowest BCUT2D eigenvalue weighted by molar-refractivity contribution is -0.141. The van der Waals surface area contributed by atoms with E-state index in [0.29, 0.717) is 41.5 Å². The maximum absolute atomic E-state index is 13.6. The quantitative estimate of drug-likeness (QED) is 0.237. The van der Waals surface area contributed by atoms with Crippen LogP contribution in [0, 0.1) is 5.92 Å². The molecular weight excluding hydrogens is 519 g/mol. The second-order valence-corrected chi connectivity index (χ2v) is 10.1. The first-order valence-electron chi connectivity index (χ1n) is 13.1. The molecule has 1 saturated carbocycles. The van der Waals surface area contributed by atoms with Crippen LogP contribution in [0.4, 0.5) is 18.9 Å². The van der Waals surface area contributed by atoms with Crippen molar-refractivity contribution in [2.24, 2.45) is 5.92 Å². The van der Waals surface area contributed by atoms with Crippen LogP contribution in [-0.2, 0) is 18.3 Å². The monoisotopic (exact) mass is 549 g/mol. The fraction of sp³-hybridized carbons (Fsp3) is 0.300. The molecule has 2 aromatic heterocycles. The van der Waals surface area contributed by atoms with Crippen LogP contribution in [0.3, 0.4) is 0 Å². The molecule has 1 amide bonds. The predicted molar refractivity (Wildman–Crippen MR) is 145 cm³/mol. The summed E-state index contributed by atoms with van der Waals surface area (Å²) in [6, 6.07) is 19.6. The van der Waals surface area contributed by atoms with E-state index < -0.39 is 23.4 Å². The number of rotatable bonds is 10. The van der Waals surface area contributed by atoms with Gasteiger partial charge in [-0.2, -0.15) is 18.3 Å². The zero-order valence-electron chi connectivity index (χ0n) is 21.9. The molecule has 0 radical (unpaired) electrons. The highest BCUT2D eigenvalue weighted by molar-refractivity contribution is 6.03. The van der Waals surface area contributed by atoms with Crippen LogP contribution in [-0.4, -0.2) is 32.8 Å². The van der Waals surface area contributed by atoms with E-state index >= 15 is 0 Å². The van der Waals surface area contributed by atoms with Crippen molar-refractivity contribution in [3.05, 3.63) is 107 Å². The minimum Gasteiger partial charge on any atom is -0.379 e. The van der Waals surface area contributed by atoms with E-state index in [2.05, 4.69) is 20.7 Å². The minimum absolute atomic E-state index is 0.270. The molecule has 1 aliphatic rings. The number of halogens is 3. The molecule has 1 atom stereocenters. The van der Waals surface area contributed by atoms with Gasteiger partial charge in [0.25, 0.3) is 5.91 Å². The van der Waals surface area contributed by atoms with Crippen molar-refractivity contribution in [3.63, 3.8) is 0 Å². The van der Waals surface area contributed by atoms with Crippen LogP contribution in [0.1, 0.15) is 58.7 Å². The van der Waals surface area contributed by atoms with Gasteiger partial charge in [-0.25, -0.2) is 4.68 Å². The summed E-state index contributed by atoms with van der Waals surface area (Å²) in [7, 11) is 1.76. The molecule has 208 valence electrons. The fourth-order valence-corrected chi connectivity index (χ4v) is 4.78. The topological polar surface area (TPSA) is 92.1 Å². The molecule has 2 heterocycles. The molecule has 1 unspecified atom stereocenters. The average molecular weight is 550 g/mol. The van der Waals surface area contributed by atoms with E-state index in [1.807, 2.05) is 6.07 Å². The Labute approximate surface area is 230 Å². The van der Waals surface area contributed by atoms with Gasteiger partial charge in [0.2, 0.25) is 0 Å². The van der Waals surface area contributed by atoms with Crippen LogP contribution in [0.15, 0.2) is 79.0 Å². The molecule has 2 aromatic carbocycles. The van der Waals surface area contributed by atoms with Crippen LogP contribution in [0.5, 0.6) is 0 Å². The summed E-state index contributed by atoms with van der Waals surface area (Å²) in [6.45, 7) is 0.496. The van der Waals surface area contributed by atoms with Crippen molar-refractivity contribution in [3.8, 4) is 5.69 Å². The van der Waals surface area contributed by atoms with Gasteiger partial charge in [-0.3, -0.25) is 9.78 Å². The van der Waals surface area contributed by atoms with Gasteiger partial charge in [0, 0.05) is 24.5 Å². The maximum Gasteiger partial charge on any atom is 0.435 e. The molecule has 40 heavy (non-hydrogen) atoms. The van der Waals surface area contributed by atoms with Gasteiger partial charge in [0.05, 0.1) is 11.4 Å². The van der Waals surface area contributed by atoms with Crippen molar-refractivity contribution >= 4 is 11.6 Å². The molecule has 7 nitrogen and oxygen atoms in total. The molecule has 3 N–H and O–H groups in total. The third-order valence-electron chi connectivity index (χ3n) is 7.07. The van der Waals surface area contributed by atoms with Crippen molar-refractivity contribution < 1.29 is 23.1 Å². The number of benzene rings is 2. The molecule has 1 fully saturated rings. The number of alkyl halides is 3. The maximum atomic E-state index is 13.6. The third kappa shape index (κ3) is 6.08. The summed E-state index contributed by atoms with van der Waals surface area (Å²) >= 11 is 0. The Morgan fingerprint density at radius 2 is 1.82 bits per heavy atom. The van der Waals surface area contributed by atoms with Crippen LogP contribution in [0.25, 0.3) is 5.69 Å². The zero-order chi connectivity index (χ0) is 28.3. The van der Waals surface area contributed by atoms with Gasteiger partial charge in [-0.15, -0.1) is 0 Å².